The van der Waals surface area contributed by atoms with Crippen LogP contribution in [0, 0.1) is 5.92 Å². The SMILES string of the molecule is CC(C)(C)OC(=O)N1CCCC(COc2cccc(Br)n2)C1. The Bertz CT molecular complexity index is 516. The molecule has 0 aliphatic carbocycles. The molecule has 0 radical (unpaired) electrons. The molecule has 1 amide bonds. The van der Waals surface area contributed by atoms with Crippen LogP contribution in [0.15, 0.2) is 22.8 Å². The molecule has 122 valence electrons. The summed E-state index contributed by atoms with van der Waals surface area (Å²) in [6, 6.07) is 5.58. The van der Waals surface area contributed by atoms with Gasteiger partial charge < -0.3 is 14.4 Å². The van der Waals surface area contributed by atoms with E-state index in [2.05, 4.69) is 20.9 Å². The van der Waals surface area contributed by atoms with Crippen LogP contribution in [0.25, 0.3) is 0 Å². The number of carbonyl (C=O) groups excluding carboxylic acids is 1. The van der Waals surface area contributed by atoms with E-state index in [1.165, 1.54) is 0 Å². The van der Waals surface area contributed by atoms with Crippen molar-refractivity contribution in [3.63, 3.8) is 0 Å². The van der Waals surface area contributed by atoms with Gasteiger partial charge in [0.15, 0.2) is 0 Å². The quantitative estimate of drug-likeness (QED) is 0.757. The number of hydrogen-bond donors (Lipinski definition) is 0. The van der Waals surface area contributed by atoms with E-state index in [1.54, 1.807) is 4.90 Å². The molecule has 1 unspecified atom stereocenters. The van der Waals surface area contributed by atoms with E-state index in [4.69, 9.17) is 9.47 Å². The van der Waals surface area contributed by atoms with Gasteiger partial charge in [0.2, 0.25) is 5.88 Å². The first-order chi connectivity index (χ1) is 10.3. The number of aromatic nitrogens is 1. The minimum Gasteiger partial charge on any atom is -0.477 e. The van der Waals surface area contributed by atoms with Crippen LogP contribution in [0.5, 0.6) is 5.88 Å². The monoisotopic (exact) mass is 370 g/mol. The van der Waals surface area contributed by atoms with Crippen LogP contribution < -0.4 is 4.74 Å². The molecular formula is C16H23BrN2O3. The Balaban J connectivity index is 1.84. The predicted molar refractivity (Wildman–Crippen MR) is 88.0 cm³/mol. The smallest absolute Gasteiger partial charge is 0.410 e. The predicted octanol–water partition coefficient (Wildman–Crippen LogP) is 3.87. The molecule has 22 heavy (non-hydrogen) atoms. The summed E-state index contributed by atoms with van der Waals surface area (Å²) < 4.78 is 11.9. The van der Waals surface area contributed by atoms with Crippen molar-refractivity contribution in [2.45, 2.75) is 39.2 Å². The summed E-state index contributed by atoms with van der Waals surface area (Å²) in [6.07, 6.45) is 1.78. The van der Waals surface area contributed by atoms with Crippen molar-refractivity contribution in [2.24, 2.45) is 5.92 Å². The van der Waals surface area contributed by atoms with Gasteiger partial charge in [-0.15, -0.1) is 0 Å². The van der Waals surface area contributed by atoms with Gasteiger partial charge in [-0.1, -0.05) is 6.07 Å². The number of likely N-dealkylation sites (tertiary alicyclic amines) is 1. The molecule has 5 nitrogen and oxygen atoms in total. The molecule has 0 spiro atoms. The van der Waals surface area contributed by atoms with E-state index in [1.807, 2.05) is 39.0 Å². The van der Waals surface area contributed by atoms with E-state index in [-0.39, 0.29) is 6.09 Å². The summed E-state index contributed by atoms with van der Waals surface area (Å²) >= 11 is 3.32. The fraction of sp³-hybridized carbons (Fsp3) is 0.625. The first kappa shape index (κ1) is 17.1. The highest BCUT2D eigenvalue weighted by molar-refractivity contribution is 9.10. The fourth-order valence-electron chi connectivity index (χ4n) is 2.37. The molecule has 1 aliphatic rings. The lowest BCUT2D eigenvalue weighted by Crippen LogP contribution is -2.44. The highest BCUT2D eigenvalue weighted by Crippen LogP contribution is 2.21. The first-order valence-corrected chi connectivity index (χ1v) is 8.36. The van der Waals surface area contributed by atoms with Crippen LogP contribution in [0.3, 0.4) is 0 Å². The van der Waals surface area contributed by atoms with E-state index >= 15 is 0 Å². The van der Waals surface area contributed by atoms with Gasteiger partial charge in [0.05, 0.1) is 6.61 Å². The number of amides is 1. The lowest BCUT2D eigenvalue weighted by Gasteiger charge is -2.33. The van der Waals surface area contributed by atoms with E-state index < -0.39 is 5.60 Å². The van der Waals surface area contributed by atoms with Crippen LogP contribution in [-0.4, -0.2) is 41.3 Å². The van der Waals surface area contributed by atoms with Crippen molar-refractivity contribution in [3.8, 4) is 5.88 Å². The van der Waals surface area contributed by atoms with Crippen LogP contribution >= 0.6 is 15.9 Å². The topological polar surface area (TPSA) is 51.7 Å². The number of rotatable bonds is 3. The van der Waals surface area contributed by atoms with Crippen molar-refractivity contribution >= 4 is 22.0 Å². The third-order valence-electron chi connectivity index (χ3n) is 3.33. The molecule has 1 aromatic rings. The molecule has 1 saturated heterocycles. The zero-order chi connectivity index (χ0) is 16.2. The number of ether oxygens (including phenoxy) is 2. The van der Waals surface area contributed by atoms with Gasteiger partial charge in [0.1, 0.15) is 10.2 Å². The number of nitrogens with zero attached hydrogens (tertiary/aromatic N) is 2. The summed E-state index contributed by atoms with van der Waals surface area (Å²) in [4.78, 5) is 18.1. The maximum absolute atomic E-state index is 12.1. The first-order valence-electron chi connectivity index (χ1n) is 7.57. The van der Waals surface area contributed by atoms with Gasteiger partial charge in [-0.3, -0.25) is 0 Å². The zero-order valence-corrected chi connectivity index (χ0v) is 14.9. The summed E-state index contributed by atoms with van der Waals surface area (Å²) in [5, 5.41) is 0. The lowest BCUT2D eigenvalue weighted by atomic mass is 9.99. The van der Waals surface area contributed by atoms with Crippen molar-refractivity contribution in [1.82, 2.24) is 9.88 Å². The van der Waals surface area contributed by atoms with Crippen molar-refractivity contribution < 1.29 is 14.3 Å². The largest absolute Gasteiger partial charge is 0.477 e. The molecule has 6 heteroatoms. The summed E-state index contributed by atoms with van der Waals surface area (Å²) in [5.41, 5.74) is -0.458. The Morgan fingerprint density at radius 2 is 2.23 bits per heavy atom. The molecular weight excluding hydrogens is 348 g/mol. The Labute approximate surface area is 140 Å². The zero-order valence-electron chi connectivity index (χ0n) is 13.3. The standard InChI is InChI=1S/C16H23BrN2O3/c1-16(2,3)22-15(20)19-9-5-6-12(10-19)11-21-14-8-4-7-13(17)18-14/h4,7-8,12H,5-6,9-11H2,1-3H3. The summed E-state index contributed by atoms with van der Waals surface area (Å²) in [7, 11) is 0. The minimum absolute atomic E-state index is 0.238. The summed E-state index contributed by atoms with van der Waals surface area (Å²) in [5.74, 6) is 0.908. The van der Waals surface area contributed by atoms with Gasteiger partial charge in [-0.2, -0.15) is 0 Å². The second-order valence-electron chi connectivity index (χ2n) is 6.54. The molecule has 2 heterocycles. The molecule has 2 rings (SSSR count). The number of halogens is 1. The maximum atomic E-state index is 12.1. The molecule has 0 saturated carbocycles. The Morgan fingerprint density at radius 1 is 1.45 bits per heavy atom. The van der Waals surface area contributed by atoms with E-state index in [0.29, 0.717) is 24.9 Å². The average Bonchev–Trinajstić information content (AvgIpc) is 2.44. The van der Waals surface area contributed by atoms with Crippen LogP contribution in [-0.2, 0) is 4.74 Å². The van der Waals surface area contributed by atoms with Crippen LogP contribution in [0.2, 0.25) is 0 Å². The van der Waals surface area contributed by atoms with Gasteiger partial charge in [-0.05, 0) is 55.6 Å². The molecule has 0 N–H and O–H groups in total. The minimum atomic E-state index is -0.458. The molecule has 1 aliphatic heterocycles. The Hall–Kier alpha value is -1.30. The number of carbonyl (C=O) groups is 1. The Kier molecular flexibility index (Phi) is 5.67. The van der Waals surface area contributed by atoms with Gasteiger partial charge in [0.25, 0.3) is 0 Å². The van der Waals surface area contributed by atoms with E-state index in [0.717, 1.165) is 24.0 Å². The second kappa shape index (κ2) is 7.31. The van der Waals surface area contributed by atoms with Crippen molar-refractivity contribution in [2.75, 3.05) is 19.7 Å². The number of piperidine rings is 1. The third-order valence-corrected chi connectivity index (χ3v) is 3.77. The van der Waals surface area contributed by atoms with Crippen molar-refractivity contribution in [3.05, 3.63) is 22.8 Å². The molecule has 1 atom stereocenters. The highest BCUT2D eigenvalue weighted by atomic mass is 79.9. The molecule has 0 bridgehead atoms. The number of hydrogen-bond acceptors (Lipinski definition) is 4. The average molecular weight is 371 g/mol. The summed E-state index contributed by atoms with van der Waals surface area (Å²) in [6.45, 7) is 7.63. The number of pyridine rings is 1. The van der Waals surface area contributed by atoms with Crippen molar-refractivity contribution in [1.29, 1.82) is 0 Å². The Morgan fingerprint density at radius 3 is 2.91 bits per heavy atom. The second-order valence-corrected chi connectivity index (χ2v) is 7.36. The van der Waals surface area contributed by atoms with Crippen LogP contribution in [0.1, 0.15) is 33.6 Å². The third kappa shape index (κ3) is 5.48. The van der Waals surface area contributed by atoms with Crippen LogP contribution in [0.4, 0.5) is 4.79 Å². The fourth-order valence-corrected chi connectivity index (χ4v) is 2.69. The molecule has 0 aromatic carbocycles. The van der Waals surface area contributed by atoms with E-state index in [9.17, 15) is 4.79 Å². The highest BCUT2D eigenvalue weighted by Gasteiger charge is 2.27. The molecule has 1 fully saturated rings. The molecule has 1 aromatic heterocycles. The maximum Gasteiger partial charge on any atom is 0.410 e. The normalized spacial score (nSPS) is 18.9. The van der Waals surface area contributed by atoms with Gasteiger partial charge >= 0.3 is 6.09 Å². The van der Waals surface area contributed by atoms with Gasteiger partial charge in [0, 0.05) is 25.1 Å². The lowest BCUT2D eigenvalue weighted by molar-refractivity contribution is 0.0138. The van der Waals surface area contributed by atoms with Gasteiger partial charge in [-0.25, -0.2) is 9.78 Å².